The van der Waals surface area contributed by atoms with Crippen molar-refractivity contribution >= 4 is 24.1 Å². The highest BCUT2D eigenvalue weighted by Gasteiger charge is 2.45. The Labute approximate surface area is 225 Å². The number of aliphatic carboxylic acids is 1. The first-order chi connectivity index (χ1) is 17.6. The lowest BCUT2D eigenvalue weighted by atomic mass is 9.90. The number of hydrogen-bond acceptors (Lipinski definition) is 9. The predicted molar refractivity (Wildman–Crippen MR) is 141 cm³/mol. The Balaban J connectivity index is 3.59. The molecule has 10 heteroatoms. The van der Waals surface area contributed by atoms with Crippen LogP contribution in [0.15, 0.2) is 18.2 Å². The van der Waals surface area contributed by atoms with Gasteiger partial charge < -0.3 is 24.1 Å². The van der Waals surface area contributed by atoms with Gasteiger partial charge in [-0.05, 0) is 78.5 Å². The molecule has 0 aliphatic rings. The lowest BCUT2D eigenvalue weighted by molar-refractivity contribution is -0.167. The highest BCUT2D eigenvalue weighted by molar-refractivity contribution is 5.82. The van der Waals surface area contributed by atoms with Crippen LogP contribution in [0.3, 0.4) is 0 Å². The molecule has 0 fully saturated rings. The van der Waals surface area contributed by atoms with Crippen molar-refractivity contribution in [2.75, 3.05) is 6.61 Å². The Morgan fingerprint density at radius 3 is 1.87 bits per heavy atom. The molecule has 1 aromatic rings. The van der Waals surface area contributed by atoms with Gasteiger partial charge in [-0.25, -0.2) is 9.59 Å². The number of carbonyl (C=O) groups is 4. The highest BCUT2D eigenvalue weighted by Crippen LogP contribution is 2.35. The zero-order valence-electron chi connectivity index (χ0n) is 24.1. The molecule has 2 N–H and O–H groups in total. The van der Waals surface area contributed by atoms with Crippen LogP contribution in [-0.2, 0) is 30.3 Å². The first-order valence-electron chi connectivity index (χ1n) is 13.0. The van der Waals surface area contributed by atoms with Crippen molar-refractivity contribution in [3.8, 4) is 11.5 Å². The van der Waals surface area contributed by atoms with Crippen molar-refractivity contribution in [3.63, 3.8) is 0 Å². The molecule has 10 nitrogen and oxygen atoms in total. The van der Waals surface area contributed by atoms with Crippen LogP contribution in [-0.4, -0.2) is 47.5 Å². The van der Waals surface area contributed by atoms with E-state index in [1.165, 1.54) is 18.2 Å². The molecule has 0 bridgehead atoms. The van der Waals surface area contributed by atoms with Gasteiger partial charge in [-0.2, -0.15) is 0 Å². The molecule has 0 aliphatic heterocycles. The molecule has 0 aliphatic carbocycles. The van der Waals surface area contributed by atoms with E-state index in [1.807, 2.05) is 20.8 Å². The van der Waals surface area contributed by atoms with Crippen LogP contribution in [0.1, 0.15) is 87.1 Å². The van der Waals surface area contributed by atoms with Gasteiger partial charge in [0.2, 0.25) is 0 Å². The lowest BCUT2D eigenvalue weighted by Crippen LogP contribution is -2.59. The van der Waals surface area contributed by atoms with E-state index in [0.29, 0.717) is 24.8 Å². The number of esters is 2. The van der Waals surface area contributed by atoms with Gasteiger partial charge in [0.15, 0.2) is 11.5 Å². The van der Waals surface area contributed by atoms with Gasteiger partial charge in [-0.1, -0.05) is 26.8 Å². The fraction of sp³-hybridized carbons (Fsp3) is 0.643. The molecule has 0 amide bonds. The summed E-state index contributed by atoms with van der Waals surface area (Å²) in [5, 5.41) is 13.0. The summed E-state index contributed by atoms with van der Waals surface area (Å²) in [5.74, 6) is -2.52. The molecule has 214 valence electrons. The second-order valence-electron chi connectivity index (χ2n) is 10.6. The van der Waals surface area contributed by atoms with Crippen molar-refractivity contribution < 1.29 is 43.2 Å². The topological polar surface area (TPSA) is 137 Å². The van der Waals surface area contributed by atoms with E-state index in [-0.39, 0.29) is 30.6 Å². The summed E-state index contributed by atoms with van der Waals surface area (Å²) in [5.41, 5.74) is -3.43. The number of nitrogens with one attached hydrogen (secondary N) is 1. The van der Waals surface area contributed by atoms with Crippen LogP contribution in [0.5, 0.6) is 11.5 Å². The third-order valence-electron chi connectivity index (χ3n) is 6.70. The SMILES string of the molecule is CCOC(=O)O[C@](Cc1ccc(OC(=O)C(C)(C)CC)c(OC(=O)C(C)(C)CC)c1)(NC(C)CC)C(=O)O. The van der Waals surface area contributed by atoms with E-state index >= 15 is 0 Å². The summed E-state index contributed by atoms with van der Waals surface area (Å²) < 4.78 is 21.4. The van der Waals surface area contributed by atoms with Gasteiger partial charge in [0.1, 0.15) is 0 Å². The molecule has 2 atom stereocenters. The number of rotatable bonds is 14. The van der Waals surface area contributed by atoms with Gasteiger partial charge in [0.25, 0.3) is 5.72 Å². The molecular formula is C28H43NO9. The second-order valence-corrected chi connectivity index (χ2v) is 10.6. The molecule has 0 saturated carbocycles. The first-order valence-corrected chi connectivity index (χ1v) is 13.0. The molecule has 0 radical (unpaired) electrons. The summed E-state index contributed by atoms with van der Waals surface area (Å²) >= 11 is 0. The normalized spacial score (nSPS) is 14.1. The summed E-state index contributed by atoms with van der Waals surface area (Å²) in [7, 11) is 0. The number of ether oxygens (including phenoxy) is 4. The van der Waals surface area contributed by atoms with Gasteiger partial charge in [-0.3, -0.25) is 14.9 Å². The molecular weight excluding hydrogens is 494 g/mol. The molecule has 0 heterocycles. The van der Waals surface area contributed by atoms with Gasteiger partial charge in [0, 0.05) is 12.5 Å². The Kier molecular flexibility index (Phi) is 11.8. The number of benzene rings is 1. The smallest absolute Gasteiger partial charge is 0.477 e. The van der Waals surface area contributed by atoms with E-state index in [4.69, 9.17) is 18.9 Å². The lowest BCUT2D eigenvalue weighted by Gasteiger charge is -2.32. The predicted octanol–water partition coefficient (Wildman–Crippen LogP) is 5.25. The van der Waals surface area contributed by atoms with Crippen LogP contribution in [0, 0.1) is 10.8 Å². The minimum atomic E-state index is -2.17. The Hall–Kier alpha value is -3.14. The van der Waals surface area contributed by atoms with E-state index in [9.17, 15) is 24.3 Å². The number of carboxylic acids is 1. The van der Waals surface area contributed by atoms with E-state index < -0.39 is 40.6 Å². The monoisotopic (exact) mass is 537 g/mol. The van der Waals surface area contributed by atoms with Crippen LogP contribution >= 0.6 is 0 Å². The largest absolute Gasteiger partial charge is 0.510 e. The maximum atomic E-state index is 12.9. The van der Waals surface area contributed by atoms with E-state index in [0.717, 1.165) is 0 Å². The molecule has 0 saturated heterocycles. The fourth-order valence-electron chi connectivity index (χ4n) is 2.97. The average Bonchev–Trinajstić information content (AvgIpc) is 2.85. The maximum Gasteiger partial charge on any atom is 0.510 e. The first kappa shape index (κ1) is 32.9. The molecule has 1 aromatic carbocycles. The molecule has 38 heavy (non-hydrogen) atoms. The van der Waals surface area contributed by atoms with Crippen molar-refractivity contribution in [2.45, 2.75) is 99.8 Å². The third kappa shape index (κ3) is 8.72. The molecule has 0 spiro atoms. The average molecular weight is 538 g/mol. The molecule has 1 rings (SSSR count). The van der Waals surface area contributed by atoms with Gasteiger partial charge in [0.05, 0.1) is 17.4 Å². The van der Waals surface area contributed by atoms with Crippen LogP contribution < -0.4 is 14.8 Å². The van der Waals surface area contributed by atoms with Gasteiger partial charge >= 0.3 is 24.1 Å². The second kappa shape index (κ2) is 13.6. The van der Waals surface area contributed by atoms with Crippen molar-refractivity contribution in [3.05, 3.63) is 23.8 Å². The zero-order valence-corrected chi connectivity index (χ0v) is 24.1. The summed E-state index contributed by atoms with van der Waals surface area (Å²) in [6.45, 7) is 15.8. The third-order valence-corrected chi connectivity index (χ3v) is 6.70. The minimum absolute atomic E-state index is 0.000645. The molecule has 1 unspecified atom stereocenters. The van der Waals surface area contributed by atoms with E-state index in [1.54, 1.807) is 41.5 Å². The number of carbonyl (C=O) groups excluding carboxylic acids is 3. The molecule has 0 aromatic heterocycles. The van der Waals surface area contributed by atoms with Crippen LogP contribution in [0.4, 0.5) is 4.79 Å². The van der Waals surface area contributed by atoms with Crippen molar-refractivity contribution in [2.24, 2.45) is 10.8 Å². The van der Waals surface area contributed by atoms with Crippen LogP contribution in [0.25, 0.3) is 0 Å². The zero-order chi connectivity index (χ0) is 29.3. The quantitative estimate of drug-likeness (QED) is 0.184. The standard InChI is InChI=1S/C28H43NO9/c1-10-18(5)29-28(22(30)31,38-25(34)35-13-4)17-19-14-15-20(36-23(32)26(6,7)11-2)21(16-19)37-24(33)27(8,9)12-3/h14-16,18,29H,10-13,17H2,1-9H3,(H,30,31)/t18?,28-/m0/s1. The van der Waals surface area contributed by atoms with Crippen molar-refractivity contribution in [1.82, 2.24) is 5.32 Å². The van der Waals surface area contributed by atoms with Crippen molar-refractivity contribution in [1.29, 1.82) is 0 Å². The Morgan fingerprint density at radius 2 is 1.42 bits per heavy atom. The Bertz CT molecular complexity index is 1000. The van der Waals surface area contributed by atoms with Gasteiger partial charge in [-0.15, -0.1) is 0 Å². The fourth-order valence-corrected chi connectivity index (χ4v) is 2.97. The Morgan fingerprint density at radius 1 is 0.895 bits per heavy atom. The maximum absolute atomic E-state index is 12.9. The van der Waals surface area contributed by atoms with E-state index in [2.05, 4.69) is 5.32 Å². The number of carboxylic acid groups (broad SMARTS) is 1. The number of hydrogen-bond donors (Lipinski definition) is 2. The highest BCUT2D eigenvalue weighted by atomic mass is 16.7. The van der Waals surface area contributed by atoms with Crippen LogP contribution in [0.2, 0.25) is 0 Å². The summed E-state index contributed by atoms with van der Waals surface area (Å²) in [4.78, 5) is 50.3. The summed E-state index contributed by atoms with van der Waals surface area (Å²) in [6.07, 6.45) is 0.0995. The summed E-state index contributed by atoms with van der Waals surface area (Å²) in [6, 6.07) is 4.03. The minimum Gasteiger partial charge on any atom is -0.477 e.